The summed E-state index contributed by atoms with van der Waals surface area (Å²) in [4.78, 5) is 17.4. The van der Waals surface area contributed by atoms with E-state index in [1.807, 2.05) is 0 Å². The van der Waals surface area contributed by atoms with E-state index in [4.69, 9.17) is 5.11 Å². The van der Waals surface area contributed by atoms with E-state index in [2.05, 4.69) is 9.97 Å². The molecule has 1 aromatic heterocycles. The summed E-state index contributed by atoms with van der Waals surface area (Å²) in [5.41, 5.74) is 1.13. The van der Waals surface area contributed by atoms with Gasteiger partial charge >= 0.3 is 5.97 Å². The third-order valence-corrected chi connectivity index (χ3v) is 2.54. The van der Waals surface area contributed by atoms with Gasteiger partial charge in [-0.05, 0) is 18.9 Å². The highest BCUT2D eigenvalue weighted by Crippen LogP contribution is 2.35. The zero-order valence-electron chi connectivity index (χ0n) is 7.73. The SMILES string of the molecule is O=C(O)/C=C/c1ncc(C2CCC2)[nH]1. The summed E-state index contributed by atoms with van der Waals surface area (Å²) < 4.78 is 0. The van der Waals surface area contributed by atoms with Crippen LogP contribution in [0.2, 0.25) is 0 Å². The van der Waals surface area contributed by atoms with E-state index in [0.29, 0.717) is 11.7 Å². The van der Waals surface area contributed by atoms with Gasteiger partial charge < -0.3 is 10.1 Å². The highest BCUT2D eigenvalue weighted by molar-refractivity contribution is 5.84. The number of carbonyl (C=O) groups is 1. The second kappa shape index (κ2) is 3.65. The van der Waals surface area contributed by atoms with Crippen LogP contribution in [-0.4, -0.2) is 21.0 Å². The van der Waals surface area contributed by atoms with Crippen molar-refractivity contribution in [2.75, 3.05) is 0 Å². The molecule has 1 saturated carbocycles. The average molecular weight is 192 g/mol. The molecule has 1 aromatic rings. The van der Waals surface area contributed by atoms with Gasteiger partial charge in [0.05, 0.1) is 0 Å². The maximum absolute atomic E-state index is 10.3. The molecule has 1 heterocycles. The highest BCUT2D eigenvalue weighted by atomic mass is 16.4. The Morgan fingerprint density at radius 1 is 1.64 bits per heavy atom. The van der Waals surface area contributed by atoms with Crippen molar-refractivity contribution in [1.29, 1.82) is 0 Å². The molecule has 0 unspecified atom stereocenters. The van der Waals surface area contributed by atoms with Crippen LogP contribution < -0.4 is 0 Å². The maximum Gasteiger partial charge on any atom is 0.328 e. The normalized spacial score (nSPS) is 17.1. The predicted octanol–water partition coefficient (Wildman–Crippen LogP) is 1.77. The summed E-state index contributed by atoms with van der Waals surface area (Å²) >= 11 is 0. The molecule has 1 aliphatic carbocycles. The fraction of sp³-hybridized carbons (Fsp3) is 0.400. The summed E-state index contributed by atoms with van der Waals surface area (Å²) in [5.74, 6) is 0.273. The number of nitrogens with zero attached hydrogens (tertiary/aromatic N) is 1. The summed E-state index contributed by atoms with van der Waals surface area (Å²) in [7, 11) is 0. The Balaban J connectivity index is 2.05. The number of aromatic nitrogens is 2. The van der Waals surface area contributed by atoms with Gasteiger partial charge in [0, 0.05) is 23.9 Å². The van der Waals surface area contributed by atoms with Crippen LogP contribution >= 0.6 is 0 Å². The number of rotatable bonds is 3. The molecule has 0 amide bonds. The Morgan fingerprint density at radius 2 is 2.43 bits per heavy atom. The minimum Gasteiger partial charge on any atom is -0.478 e. The van der Waals surface area contributed by atoms with Crippen molar-refractivity contribution in [3.05, 3.63) is 23.8 Å². The molecule has 0 aromatic carbocycles. The summed E-state index contributed by atoms with van der Waals surface area (Å²) in [6.07, 6.45) is 8.07. The van der Waals surface area contributed by atoms with Crippen LogP contribution in [0.15, 0.2) is 12.3 Å². The first kappa shape index (κ1) is 8.99. The second-order valence-electron chi connectivity index (χ2n) is 3.52. The molecule has 4 heteroatoms. The molecule has 0 atom stereocenters. The van der Waals surface area contributed by atoms with E-state index in [-0.39, 0.29) is 0 Å². The molecule has 0 saturated heterocycles. The molecular weight excluding hydrogens is 180 g/mol. The number of hydrogen-bond acceptors (Lipinski definition) is 2. The van der Waals surface area contributed by atoms with Crippen LogP contribution in [0.4, 0.5) is 0 Å². The molecule has 2 rings (SSSR count). The van der Waals surface area contributed by atoms with E-state index >= 15 is 0 Å². The molecule has 0 radical (unpaired) electrons. The number of hydrogen-bond donors (Lipinski definition) is 2. The van der Waals surface area contributed by atoms with E-state index in [1.165, 1.54) is 25.3 Å². The average Bonchev–Trinajstić information content (AvgIpc) is 2.46. The zero-order valence-corrected chi connectivity index (χ0v) is 7.73. The molecule has 1 fully saturated rings. The van der Waals surface area contributed by atoms with Crippen molar-refractivity contribution >= 4 is 12.0 Å². The molecule has 4 nitrogen and oxygen atoms in total. The molecule has 2 N–H and O–H groups in total. The van der Waals surface area contributed by atoms with Gasteiger partial charge in [0.2, 0.25) is 0 Å². The number of carboxylic acid groups (broad SMARTS) is 1. The van der Waals surface area contributed by atoms with Crippen molar-refractivity contribution in [1.82, 2.24) is 9.97 Å². The molecule has 1 aliphatic rings. The molecule has 0 aliphatic heterocycles. The number of carboxylic acids is 1. The number of H-pyrrole nitrogens is 1. The third-order valence-electron chi connectivity index (χ3n) is 2.54. The van der Waals surface area contributed by atoms with E-state index in [1.54, 1.807) is 6.20 Å². The smallest absolute Gasteiger partial charge is 0.328 e. The minimum absolute atomic E-state index is 0.606. The topological polar surface area (TPSA) is 66.0 Å². The molecule has 0 bridgehead atoms. The quantitative estimate of drug-likeness (QED) is 0.717. The monoisotopic (exact) mass is 192 g/mol. The molecule has 74 valence electrons. The van der Waals surface area contributed by atoms with Crippen LogP contribution in [-0.2, 0) is 4.79 Å². The van der Waals surface area contributed by atoms with Gasteiger partial charge in [0.15, 0.2) is 0 Å². The van der Waals surface area contributed by atoms with Gasteiger partial charge in [0.1, 0.15) is 5.82 Å². The molecule has 14 heavy (non-hydrogen) atoms. The maximum atomic E-state index is 10.3. The number of aromatic amines is 1. The summed E-state index contributed by atoms with van der Waals surface area (Å²) in [6, 6.07) is 0. The molecular formula is C10H12N2O2. The first-order valence-electron chi connectivity index (χ1n) is 4.71. The Bertz CT molecular complexity index is 364. The lowest BCUT2D eigenvalue weighted by Crippen LogP contribution is -2.08. The van der Waals surface area contributed by atoms with Gasteiger partial charge in [-0.25, -0.2) is 9.78 Å². The first-order valence-corrected chi connectivity index (χ1v) is 4.71. The van der Waals surface area contributed by atoms with Crippen LogP contribution in [0.25, 0.3) is 6.08 Å². The van der Waals surface area contributed by atoms with Crippen molar-refractivity contribution in [2.24, 2.45) is 0 Å². The van der Waals surface area contributed by atoms with Gasteiger partial charge in [0.25, 0.3) is 0 Å². The summed E-state index contributed by atoms with van der Waals surface area (Å²) in [5, 5.41) is 8.42. The van der Waals surface area contributed by atoms with Crippen molar-refractivity contribution in [2.45, 2.75) is 25.2 Å². The zero-order chi connectivity index (χ0) is 9.97. The van der Waals surface area contributed by atoms with Gasteiger partial charge in [-0.2, -0.15) is 0 Å². The van der Waals surface area contributed by atoms with Crippen molar-refractivity contribution < 1.29 is 9.90 Å². The predicted molar refractivity (Wildman–Crippen MR) is 51.8 cm³/mol. The fourth-order valence-electron chi connectivity index (χ4n) is 1.51. The fourth-order valence-corrected chi connectivity index (χ4v) is 1.51. The van der Waals surface area contributed by atoms with Crippen LogP contribution in [0.3, 0.4) is 0 Å². The lowest BCUT2D eigenvalue weighted by Gasteiger charge is -2.23. The lowest BCUT2D eigenvalue weighted by molar-refractivity contribution is -0.131. The van der Waals surface area contributed by atoms with Gasteiger partial charge in [-0.3, -0.25) is 0 Å². The van der Waals surface area contributed by atoms with Crippen LogP contribution in [0, 0.1) is 0 Å². The first-order chi connectivity index (χ1) is 6.75. The Kier molecular flexibility index (Phi) is 2.35. The Labute approximate surface area is 81.7 Å². The Hall–Kier alpha value is -1.58. The van der Waals surface area contributed by atoms with E-state index < -0.39 is 5.97 Å². The largest absolute Gasteiger partial charge is 0.478 e. The highest BCUT2D eigenvalue weighted by Gasteiger charge is 2.20. The standard InChI is InChI=1S/C10H12N2O2/c13-10(14)5-4-9-11-6-8(12-9)7-2-1-3-7/h4-7H,1-3H2,(H,11,12)(H,13,14)/b5-4+. The number of nitrogens with one attached hydrogen (secondary N) is 1. The Morgan fingerprint density at radius 3 is 3.00 bits per heavy atom. The second-order valence-corrected chi connectivity index (χ2v) is 3.52. The van der Waals surface area contributed by atoms with Gasteiger partial charge in [-0.15, -0.1) is 0 Å². The van der Waals surface area contributed by atoms with E-state index in [9.17, 15) is 4.79 Å². The number of aliphatic carboxylic acids is 1. The van der Waals surface area contributed by atoms with Gasteiger partial charge in [-0.1, -0.05) is 6.42 Å². The van der Waals surface area contributed by atoms with E-state index in [0.717, 1.165) is 11.8 Å². The van der Waals surface area contributed by atoms with Crippen LogP contribution in [0.5, 0.6) is 0 Å². The minimum atomic E-state index is -0.952. The van der Waals surface area contributed by atoms with Crippen molar-refractivity contribution in [3.8, 4) is 0 Å². The summed E-state index contributed by atoms with van der Waals surface area (Å²) in [6.45, 7) is 0. The third kappa shape index (κ3) is 1.84. The molecule has 0 spiro atoms. The number of imidazole rings is 1. The lowest BCUT2D eigenvalue weighted by atomic mass is 9.83. The van der Waals surface area contributed by atoms with Crippen LogP contribution in [0.1, 0.15) is 36.7 Å². The van der Waals surface area contributed by atoms with Crippen molar-refractivity contribution in [3.63, 3.8) is 0 Å².